The van der Waals surface area contributed by atoms with Crippen molar-refractivity contribution >= 4 is 29.5 Å². The van der Waals surface area contributed by atoms with E-state index in [9.17, 15) is 19.5 Å². The molecule has 3 N–H and O–H groups in total. The molecule has 0 bridgehead atoms. The average Bonchev–Trinajstić information content (AvgIpc) is 2.69. The van der Waals surface area contributed by atoms with E-state index in [0.29, 0.717) is 5.75 Å². The molecule has 11 heteroatoms. The van der Waals surface area contributed by atoms with E-state index < -0.39 is 34.7 Å². The Morgan fingerprint density at radius 3 is 2.68 bits per heavy atom. The monoisotopic (exact) mass is 407 g/mol. The number of aliphatic hydroxyl groups is 1. The second-order valence-corrected chi connectivity index (χ2v) is 6.63. The van der Waals surface area contributed by atoms with E-state index in [4.69, 9.17) is 10.1 Å². The van der Waals surface area contributed by atoms with Crippen LogP contribution in [0.4, 0.5) is 0 Å². The standard InChI is InChI=1S/C17H18N4O6S/c1-2-26-17(25)13(21-18)11(22)9-28-16-14(15(24)20-16)19-12(23)8-27-10-6-4-3-5-7-10/h3-7,14,16H,2,8-9H2,1H3,(H2-,19,20,22,23,24,25)/p+1/t14-,16-/m1/s1. The van der Waals surface area contributed by atoms with Gasteiger partial charge in [-0.3, -0.25) is 9.59 Å². The molecule has 2 amide bonds. The van der Waals surface area contributed by atoms with Crippen molar-refractivity contribution in [3.8, 4) is 5.75 Å². The van der Waals surface area contributed by atoms with Gasteiger partial charge >= 0.3 is 11.7 Å². The maximum absolute atomic E-state index is 12.0. The van der Waals surface area contributed by atoms with Gasteiger partial charge in [0.05, 0.1) is 12.4 Å². The van der Waals surface area contributed by atoms with Gasteiger partial charge in [0.1, 0.15) is 17.2 Å². The zero-order chi connectivity index (χ0) is 20.5. The van der Waals surface area contributed by atoms with Gasteiger partial charge in [-0.1, -0.05) is 18.2 Å². The average molecular weight is 407 g/mol. The van der Waals surface area contributed by atoms with Crippen molar-refractivity contribution in [1.82, 2.24) is 10.6 Å². The summed E-state index contributed by atoms with van der Waals surface area (Å²) >= 11 is 1.04. The number of carbonyl (C=O) groups excluding carboxylic acids is 3. The van der Waals surface area contributed by atoms with Gasteiger partial charge < -0.3 is 25.2 Å². The van der Waals surface area contributed by atoms with E-state index in [1.807, 2.05) is 6.07 Å². The molecule has 1 heterocycles. The van der Waals surface area contributed by atoms with Crippen LogP contribution in [0.15, 0.2) is 41.8 Å². The number of ether oxygens (including phenoxy) is 2. The van der Waals surface area contributed by atoms with Gasteiger partial charge in [-0.05, 0) is 19.1 Å². The van der Waals surface area contributed by atoms with Gasteiger partial charge in [0.15, 0.2) is 11.6 Å². The smallest absolute Gasteiger partial charge is 0.504 e. The number of carbonyl (C=O) groups is 3. The lowest BCUT2D eigenvalue weighted by Crippen LogP contribution is -2.68. The lowest BCUT2D eigenvalue weighted by atomic mass is 10.1. The van der Waals surface area contributed by atoms with Gasteiger partial charge in [0, 0.05) is 0 Å². The molecule has 148 valence electrons. The first-order valence-corrected chi connectivity index (χ1v) is 9.34. The molecular weight excluding hydrogens is 388 g/mol. The third kappa shape index (κ3) is 5.62. The fourth-order valence-corrected chi connectivity index (χ4v) is 3.23. The lowest BCUT2D eigenvalue weighted by molar-refractivity contribution is -0.138. The number of aliphatic hydroxyl groups excluding tert-OH is 1. The molecule has 10 nitrogen and oxygen atoms in total. The van der Waals surface area contributed by atoms with Crippen LogP contribution in [0.2, 0.25) is 0 Å². The topological polar surface area (TPSA) is 142 Å². The Labute approximate surface area is 164 Å². The molecule has 0 unspecified atom stereocenters. The van der Waals surface area contributed by atoms with E-state index in [2.05, 4.69) is 20.3 Å². The van der Waals surface area contributed by atoms with Crippen molar-refractivity contribution in [3.05, 3.63) is 46.8 Å². The summed E-state index contributed by atoms with van der Waals surface area (Å²) < 4.78 is 9.97. The van der Waals surface area contributed by atoms with Gasteiger partial charge in [0.2, 0.25) is 17.1 Å². The Morgan fingerprint density at radius 2 is 2.07 bits per heavy atom. The highest BCUT2D eigenvalue weighted by molar-refractivity contribution is 8.00. The number of β-lactam (4-membered cyclic amide) rings is 1. The quantitative estimate of drug-likeness (QED) is 0.180. The Kier molecular flexibility index (Phi) is 7.65. The van der Waals surface area contributed by atoms with Crippen molar-refractivity contribution in [2.24, 2.45) is 0 Å². The highest BCUT2D eigenvalue weighted by atomic mass is 32.2. The zero-order valence-electron chi connectivity index (χ0n) is 15.0. The molecule has 0 radical (unpaired) electrons. The number of thioether (sulfide) groups is 1. The Hall–Kier alpha value is -3.26. The number of nitrogens with zero attached hydrogens (tertiary/aromatic N) is 2. The van der Waals surface area contributed by atoms with Crippen molar-refractivity contribution in [2.75, 3.05) is 19.0 Å². The summed E-state index contributed by atoms with van der Waals surface area (Å²) in [4.78, 5) is 37.9. The number of benzene rings is 1. The number of amides is 2. The highest BCUT2D eigenvalue weighted by Gasteiger charge is 2.41. The molecule has 1 aromatic rings. The number of para-hydroxylation sites is 1. The summed E-state index contributed by atoms with van der Waals surface area (Å²) in [5, 5.41) is 23.3. The first kappa shape index (κ1) is 21.0. The van der Waals surface area contributed by atoms with Crippen molar-refractivity contribution in [2.45, 2.75) is 18.3 Å². The minimum Gasteiger partial charge on any atom is -0.504 e. The predicted octanol–water partition coefficient (Wildman–Crippen LogP) is 0.925. The van der Waals surface area contributed by atoms with Gasteiger partial charge in [0.25, 0.3) is 5.91 Å². The summed E-state index contributed by atoms with van der Waals surface area (Å²) in [7, 11) is 0. The van der Waals surface area contributed by atoms with Gasteiger partial charge in [-0.2, -0.15) is 0 Å². The fourth-order valence-electron chi connectivity index (χ4n) is 2.17. The molecule has 0 aliphatic carbocycles. The summed E-state index contributed by atoms with van der Waals surface area (Å²) in [6.45, 7) is 1.36. The molecule has 2 rings (SSSR count). The summed E-state index contributed by atoms with van der Waals surface area (Å²) in [5.41, 5.74) is -0.614. The molecular formula is C17H19N4O6S+. The molecule has 2 atom stereocenters. The maximum Gasteiger partial charge on any atom is 0.506 e. The fraction of sp³-hybridized carbons (Fsp3) is 0.353. The van der Waals surface area contributed by atoms with E-state index >= 15 is 0 Å². The number of rotatable bonds is 9. The second kappa shape index (κ2) is 10.2. The first-order chi connectivity index (χ1) is 13.5. The van der Waals surface area contributed by atoms with E-state index in [0.717, 1.165) is 11.8 Å². The molecule has 1 aliphatic heterocycles. The molecule has 1 aliphatic rings. The van der Waals surface area contributed by atoms with Crippen LogP contribution in [-0.2, 0) is 19.1 Å². The van der Waals surface area contributed by atoms with E-state index in [-0.39, 0.29) is 24.9 Å². The van der Waals surface area contributed by atoms with Crippen LogP contribution in [0.5, 0.6) is 5.75 Å². The van der Waals surface area contributed by atoms with Crippen LogP contribution < -0.4 is 15.4 Å². The Bertz CT molecular complexity index is 808. The van der Waals surface area contributed by atoms with E-state index in [1.54, 1.807) is 31.2 Å². The predicted molar refractivity (Wildman–Crippen MR) is 99.6 cm³/mol. The minimum atomic E-state index is -0.969. The SMILES string of the molecule is CCOC(=O)/C([N+]#N)=C(\O)CS[C@H]1NC(=O)[C@H]1NC(=O)COc1ccccc1. The molecule has 1 fully saturated rings. The van der Waals surface area contributed by atoms with Crippen LogP contribution in [0.3, 0.4) is 0 Å². The summed E-state index contributed by atoms with van der Waals surface area (Å²) in [6, 6.07) is 7.93. The van der Waals surface area contributed by atoms with Crippen molar-refractivity contribution in [3.63, 3.8) is 0 Å². The molecule has 28 heavy (non-hydrogen) atoms. The van der Waals surface area contributed by atoms with Crippen LogP contribution in [0.25, 0.3) is 4.98 Å². The minimum absolute atomic E-state index is 0.0517. The number of diazo groups is 1. The van der Waals surface area contributed by atoms with Crippen LogP contribution >= 0.6 is 11.8 Å². The lowest BCUT2D eigenvalue weighted by Gasteiger charge is -2.36. The van der Waals surface area contributed by atoms with Crippen LogP contribution in [-0.4, -0.2) is 53.3 Å². The molecule has 1 aromatic carbocycles. The third-order valence-corrected chi connectivity index (χ3v) is 4.73. The number of nitrogens with one attached hydrogen (secondary N) is 2. The maximum atomic E-state index is 12.0. The summed E-state index contributed by atoms with van der Waals surface area (Å²) in [6.07, 6.45) is 0. The number of esters is 1. The van der Waals surface area contributed by atoms with Crippen molar-refractivity contribution < 1.29 is 29.0 Å². The van der Waals surface area contributed by atoms with E-state index in [1.165, 1.54) is 0 Å². The summed E-state index contributed by atoms with van der Waals surface area (Å²) in [5.74, 6) is -1.96. The number of hydrogen-bond acceptors (Lipinski definition) is 8. The zero-order valence-corrected chi connectivity index (χ0v) is 15.8. The highest BCUT2D eigenvalue weighted by Crippen LogP contribution is 2.23. The normalized spacial score (nSPS) is 18.6. The molecule has 0 saturated carbocycles. The second-order valence-electron chi connectivity index (χ2n) is 5.50. The van der Waals surface area contributed by atoms with Crippen LogP contribution in [0.1, 0.15) is 6.92 Å². The molecule has 0 spiro atoms. The van der Waals surface area contributed by atoms with Crippen molar-refractivity contribution in [1.29, 1.82) is 5.39 Å². The van der Waals surface area contributed by atoms with Gasteiger partial charge in [-0.15, -0.1) is 11.8 Å². The Morgan fingerprint density at radius 1 is 1.36 bits per heavy atom. The largest absolute Gasteiger partial charge is 0.506 e. The Balaban J connectivity index is 1.84. The molecule has 1 saturated heterocycles. The number of hydrogen-bond donors (Lipinski definition) is 3. The van der Waals surface area contributed by atoms with Crippen LogP contribution in [0, 0.1) is 5.39 Å². The molecule has 0 aromatic heterocycles. The third-order valence-electron chi connectivity index (χ3n) is 3.54. The van der Waals surface area contributed by atoms with Gasteiger partial charge in [-0.25, -0.2) is 4.79 Å². The first-order valence-electron chi connectivity index (χ1n) is 8.29.